The van der Waals surface area contributed by atoms with Crippen molar-refractivity contribution in [3.63, 3.8) is 0 Å². The van der Waals surface area contributed by atoms with Gasteiger partial charge in [-0.05, 0) is 36.4 Å². The molecule has 128 valence electrons. The summed E-state index contributed by atoms with van der Waals surface area (Å²) in [5, 5.41) is 8.10. The maximum Gasteiger partial charge on any atom is 0.363 e. The number of aryl methyl sites for hydroxylation is 1. The molecule has 0 fully saturated rings. The standard InChI is InChI=1S/C18H11N3O5/c1-10-19-20-15(25-10)11-6-8-12(9-7-11)18(24)26-21-16(22)13-4-2-3-5-14(13)17(21)23/h2-9H,1H3. The van der Waals surface area contributed by atoms with Crippen LogP contribution in [-0.4, -0.2) is 33.0 Å². The lowest BCUT2D eigenvalue weighted by Gasteiger charge is -2.12. The van der Waals surface area contributed by atoms with E-state index in [1.165, 1.54) is 24.3 Å². The number of hydrogen-bond donors (Lipinski definition) is 0. The third-order valence-corrected chi connectivity index (χ3v) is 3.82. The van der Waals surface area contributed by atoms with Crippen LogP contribution in [0.4, 0.5) is 0 Å². The number of aromatic nitrogens is 2. The summed E-state index contributed by atoms with van der Waals surface area (Å²) in [6.07, 6.45) is 0. The van der Waals surface area contributed by atoms with Crippen molar-refractivity contribution in [3.8, 4) is 11.5 Å². The number of hydrogen-bond acceptors (Lipinski definition) is 7. The number of imide groups is 1. The van der Waals surface area contributed by atoms with Crippen molar-refractivity contribution >= 4 is 17.8 Å². The molecular formula is C18H11N3O5. The number of benzene rings is 2. The smallest absolute Gasteiger partial charge is 0.363 e. The molecule has 0 bridgehead atoms. The van der Waals surface area contributed by atoms with Gasteiger partial charge in [-0.2, -0.15) is 0 Å². The molecule has 3 aromatic rings. The van der Waals surface area contributed by atoms with E-state index in [1.807, 2.05) is 0 Å². The van der Waals surface area contributed by atoms with Crippen molar-refractivity contribution in [1.29, 1.82) is 0 Å². The van der Waals surface area contributed by atoms with Gasteiger partial charge in [0.05, 0.1) is 16.7 Å². The minimum Gasteiger partial charge on any atom is -0.421 e. The van der Waals surface area contributed by atoms with Crippen LogP contribution in [0.2, 0.25) is 0 Å². The SMILES string of the molecule is Cc1nnc(-c2ccc(C(=O)ON3C(=O)c4ccccc4C3=O)cc2)o1. The molecule has 26 heavy (non-hydrogen) atoms. The van der Waals surface area contributed by atoms with Gasteiger partial charge in [0.1, 0.15) is 0 Å². The molecule has 4 rings (SSSR count). The van der Waals surface area contributed by atoms with E-state index in [2.05, 4.69) is 10.2 Å². The highest BCUT2D eigenvalue weighted by Crippen LogP contribution is 2.24. The number of nitrogens with zero attached hydrogens (tertiary/aromatic N) is 3. The molecule has 1 aliphatic heterocycles. The summed E-state index contributed by atoms with van der Waals surface area (Å²) in [7, 11) is 0. The highest BCUT2D eigenvalue weighted by molar-refractivity contribution is 6.21. The monoisotopic (exact) mass is 349 g/mol. The summed E-state index contributed by atoms with van der Waals surface area (Å²) < 4.78 is 5.31. The fourth-order valence-corrected chi connectivity index (χ4v) is 2.55. The van der Waals surface area contributed by atoms with Gasteiger partial charge in [-0.15, -0.1) is 10.2 Å². The Bertz CT molecular complexity index is 1000. The number of amides is 2. The van der Waals surface area contributed by atoms with Crippen molar-refractivity contribution in [2.45, 2.75) is 6.92 Å². The zero-order chi connectivity index (χ0) is 18.3. The molecule has 1 aromatic heterocycles. The quantitative estimate of drug-likeness (QED) is 0.669. The lowest BCUT2D eigenvalue weighted by molar-refractivity contribution is -0.0584. The number of hydroxylamine groups is 2. The molecule has 0 saturated carbocycles. The Morgan fingerprint density at radius 3 is 2.12 bits per heavy atom. The van der Waals surface area contributed by atoms with Crippen LogP contribution >= 0.6 is 0 Å². The van der Waals surface area contributed by atoms with Crippen molar-refractivity contribution in [2.24, 2.45) is 0 Å². The molecule has 0 unspecified atom stereocenters. The molecule has 0 radical (unpaired) electrons. The molecule has 0 spiro atoms. The number of fused-ring (bicyclic) bond motifs is 1. The average Bonchev–Trinajstić information content (AvgIpc) is 3.20. The van der Waals surface area contributed by atoms with E-state index in [0.29, 0.717) is 22.4 Å². The van der Waals surface area contributed by atoms with Gasteiger partial charge in [0.15, 0.2) is 0 Å². The zero-order valence-electron chi connectivity index (χ0n) is 13.5. The van der Waals surface area contributed by atoms with Gasteiger partial charge in [-0.3, -0.25) is 9.59 Å². The third kappa shape index (κ3) is 2.53. The molecule has 8 nitrogen and oxygen atoms in total. The molecule has 0 aliphatic carbocycles. The van der Waals surface area contributed by atoms with E-state index < -0.39 is 17.8 Å². The Labute approximate surface area is 147 Å². The first-order valence-electron chi connectivity index (χ1n) is 7.65. The molecule has 2 amide bonds. The summed E-state index contributed by atoms with van der Waals surface area (Å²) in [4.78, 5) is 41.7. The van der Waals surface area contributed by atoms with Crippen molar-refractivity contribution in [1.82, 2.24) is 15.3 Å². The van der Waals surface area contributed by atoms with Crippen LogP contribution in [-0.2, 0) is 4.84 Å². The van der Waals surface area contributed by atoms with Crippen LogP contribution in [0.15, 0.2) is 52.9 Å². The summed E-state index contributed by atoms with van der Waals surface area (Å²) in [6, 6.07) is 12.4. The second-order valence-electron chi connectivity index (χ2n) is 5.53. The molecule has 2 aromatic carbocycles. The zero-order valence-corrected chi connectivity index (χ0v) is 13.5. The molecule has 8 heteroatoms. The topological polar surface area (TPSA) is 103 Å². The van der Waals surface area contributed by atoms with Gasteiger partial charge in [0.2, 0.25) is 11.8 Å². The number of rotatable bonds is 3. The van der Waals surface area contributed by atoms with E-state index in [-0.39, 0.29) is 16.7 Å². The first-order chi connectivity index (χ1) is 12.5. The number of carbonyl (C=O) groups is 3. The van der Waals surface area contributed by atoms with Crippen LogP contribution in [0.3, 0.4) is 0 Å². The van der Waals surface area contributed by atoms with Crippen LogP contribution in [0, 0.1) is 6.92 Å². The summed E-state index contributed by atoms with van der Waals surface area (Å²) >= 11 is 0. The molecule has 0 saturated heterocycles. The van der Waals surface area contributed by atoms with Crippen LogP contribution in [0.1, 0.15) is 37.0 Å². The van der Waals surface area contributed by atoms with Gasteiger partial charge >= 0.3 is 5.97 Å². The van der Waals surface area contributed by atoms with E-state index >= 15 is 0 Å². The maximum absolute atomic E-state index is 12.3. The van der Waals surface area contributed by atoms with Gasteiger partial charge in [-0.25, -0.2) is 4.79 Å². The Morgan fingerprint density at radius 2 is 1.58 bits per heavy atom. The van der Waals surface area contributed by atoms with Crippen molar-refractivity contribution < 1.29 is 23.6 Å². The Hall–Kier alpha value is -3.81. The summed E-state index contributed by atoms with van der Waals surface area (Å²) in [6.45, 7) is 1.67. The fourth-order valence-electron chi connectivity index (χ4n) is 2.55. The Balaban J connectivity index is 1.52. The molecule has 0 N–H and O–H groups in total. The minimum absolute atomic E-state index is 0.168. The highest BCUT2D eigenvalue weighted by Gasteiger charge is 2.38. The van der Waals surface area contributed by atoms with Gasteiger partial charge in [-0.1, -0.05) is 17.2 Å². The van der Waals surface area contributed by atoms with Crippen LogP contribution in [0.25, 0.3) is 11.5 Å². The van der Waals surface area contributed by atoms with E-state index in [4.69, 9.17) is 9.25 Å². The summed E-state index contributed by atoms with van der Waals surface area (Å²) in [5.74, 6) is -1.42. The van der Waals surface area contributed by atoms with Gasteiger partial charge < -0.3 is 9.25 Å². The fraction of sp³-hybridized carbons (Fsp3) is 0.0556. The minimum atomic E-state index is -0.826. The lowest BCUT2D eigenvalue weighted by atomic mass is 10.1. The van der Waals surface area contributed by atoms with Crippen molar-refractivity contribution in [2.75, 3.05) is 0 Å². The van der Waals surface area contributed by atoms with Gasteiger partial charge in [0, 0.05) is 12.5 Å². The van der Waals surface area contributed by atoms with E-state index in [0.717, 1.165) is 0 Å². The van der Waals surface area contributed by atoms with Gasteiger partial charge in [0.25, 0.3) is 11.8 Å². The predicted octanol–water partition coefficient (Wildman–Crippen LogP) is 2.41. The third-order valence-electron chi connectivity index (χ3n) is 3.82. The van der Waals surface area contributed by atoms with E-state index in [1.54, 1.807) is 31.2 Å². The molecule has 2 heterocycles. The Kier molecular flexibility index (Phi) is 3.58. The first-order valence-corrected chi connectivity index (χ1v) is 7.65. The van der Waals surface area contributed by atoms with Crippen LogP contribution < -0.4 is 0 Å². The average molecular weight is 349 g/mol. The lowest BCUT2D eigenvalue weighted by Crippen LogP contribution is -2.32. The van der Waals surface area contributed by atoms with Crippen LogP contribution in [0.5, 0.6) is 0 Å². The second kappa shape index (κ2) is 5.92. The first kappa shape index (κ1) is 15.7. The maximum atomic E-state index is 12.3. The van der Waals surface area contributed by atoms with E-state index in [9.17, 15) is 14.4 Å². The Morgan fingerprint density at radius 1 is 0.962 bits per heavy atom. The van der Waals surface area contributed by atoms with Crippen molar-refractivity contribution in [3.05, 3.63) is 71.1 Å². The molecule has 0 atom stereocenters. The second-order valence-corrected chi connectivity index (χ2v) is 5.53. The predicted molar refractivity (Wildman–Crippen MR) is 86.8 cm³/mol. The molecular weight excluding hydrogens is 338 g/mol. The largest absolute Gasteiger partial charge is 0.421 e. The molecule has 1 aliphatic rings. The highest BCUT2D eigenvalue weighted by atomic mass is 16.7. The summed E-state index contributed by atoms with van der Waals surface area (Å²) in [5.41, 5.74) is 1.20. The number of carbonyl (C=O) groups excluding carboxylic acids is 3. The normalized spacial score (nSPS) is 13.0.